The van der Waals surface area contributed by atoms with Gasteiger partial charge in [0.25, 0.3) is 0 Å². The average Bonchev–Trinajstić information content (AvgIpc) is 2.83. The second-order valence-corrected chi connectivity index (χ2v) is 8.78. The van der Waals surface area contributed by atoms with Crippen molar-refractivity contribution in [1.29, 1.82) is 0 Å². The van der Waals surface area contributed by atoms with Crippen LogP contribution in [0.15, 0.2) is 0 Å². The van der Waals surface area contributed by atoms with Crippen molar-refractivity contribution in [3.05, 3.63) is 0 Å². The van der Waals surface area contributed by atoms with E-state index in [9.17, 15) is 13.2 Å². The Kier molecular flexibility index (Phi) is 4.41. The fraction of sp³-hybridized carbons (Fsp3) is 0.923. The summed E-state index contributed by atoms with van der Waals surface area (Å²) in [6.07, 6.45) is 1.53. The largest absolute Gasteiger partial charge is 0.349 e. The number of hydrogen-bond donors (Lipinski definition) is 2. The predicted molar refractivity (Wildman–Crippen MR) is 78.0 cm³/mol. The minimum atomic E-state index is -2.99. The van der Waals surface area contributed by atoms with Gasteiger partial charge in [0, 0.05) is 12.6 Å². The molecule has 6 nitrogen and oxygen atoms in total. The Balaban J connectivity index is 1.82. The molecule has 116 valence electrons. The van der Waals surface area contributed by atoms with E-state index >= 15 is 0 Å². The topological polar surface area (TPSA) is 92.5 Å². The van der Waals surface area contributed by atoms with Gasteiger partial charge in [-0.1, -0.05) is 0 Å². The van der Waals surface area contributed by atoms with E-state index in [1.807, 2.05) is 13.8 Å². The lowest BCUT2D eigenvalue weighted by molar-refractivity contribution is -0.123. The van der Waals surface area contributed by atoms with Gasteiger partial charge in [0.05, 0.1) is 23.6 Å². The Bertz CT molecular complexity index is 477. The Labute approximate surface area is 121 Å². The maximum atomic E-state index is 12.1. The molecule has 0 radical (unpaired) electrons. The van der Waals surface area contributed by atoms with Gasteiger partial charge in [-0.25, -0.2) is 8.42 Å². The second kappa shape index (κ2) is 5.61. The molecular weight excluding hydrogens is 278 g/mol. The standard InChI is InChI=1S/C13H25N3O3S/c1-10(14)11-3-5-16(7-11)8-12(17)15-13(2)4-6-20(18,19)9-13/h10-11H,3-9,14H2,1-2H3,(H,15,17). The molecule has 3 atom stereocenters. The zero-order chi connectivity index (χ0) is 15.0. The highest BCUT2D eigenvalue weighted by Gasteiger charge is 2.39. The first-order chi connectivity index (χ1) is 9.19. The van der Waals surface area contributed by atoms with Crippen molar-refractivity contribution in [1.82, 2.24) is 10.2 Å². The fourth-order valence-corrected chi connectivity index (χ4v) is 5.22. The quantitative estimate of drug-likeness (QED) is 0.720. The molecule has 7 heteroatoms. The molecule has 20 heavy (non-hydrogen) atoms. The van der Waals surface area contributed by atoms with Crippen LogP contribution in [0.2, 0.25) is 0 Å². The van der Waals surface area contributed by atoms with Crippen molar-refractivity contribution < 1.29 is 13.2 Å². The summed E-state index contributed by atoms with van der Waals surface area (Å²) in [6, 6.07) is 0.153. The summed E-state index contributed by atoms with van der Waals surface area (Å²) >= 11 is 0. The Morgan fingerprint density at radius 1 is 1.55 bits per heavy atom. The highest BCUT2D eigenvalue weighted by Crippen LogP contribution is 2.23. The van der Waals surface area contributed by atoms with E-state index in [4.69, 9.17) is 5.73 Å². The lowest BCUT2D eigenvalue weighted by Crippen LogP contribution is -2.50. The van der Waals surface area contributed by atoms with Gasteiger partial charge in [0.15, 0.2) is 9.84 Å². The molecular formula is C13H25N3O3S. The minimum absolute atomic E-state index is 0.0498. The molecule has 1 amide bonds. The van der Waals surface area contributed by atoms with Gasteiger partial charge in [0.2, 0.25) is 5.91 Å². The molecule has 0 aromatic carbocycles. The van der Waals surface area contributed by atoms with E-state index in [2.05, 4.69) is 10.2 Å². The Morgan fingerprint density at radius 2 is 2.25 bits per heavy atom. The zero-order valence-corrected chi connectivity index (χ0v) is 13.1. The van der Waals surface area contributed by atoms with E-state index in [0.29, 0.717) is 18.9 Å². The third-order valence-corrected chi connectivity index (χ3v) is 6.27. The van der Waals surface area contributed by atoms with Gasteiger partial charge in [0.1, 0.15) is 0 Å². The van der Waals surface area contributed by atoms with Crippen LogP contribution in [0.1, 0.15) is 26.7 Å². The molecule has 2 saturated heterocycles. The van der Waals surface area contributed by atoms with Crippen molar-refractivity contribution >= 4 is 15.7 Å². The summed E-state index contributed by atoms with van der Waals surface area (Å²) in [6.45, 7) is 5.87. The Morgan fingerprint density at radius 3 is 2.75 bits per heavy atom. The molecule has 3 N–H and O–H groups in total. The Hall–Kier alpha value is -0.660. The molecule has 2 aliphatic rings. The molecule has 0 bridgehead atoms. The van der Waals surface area contributed by atoms with Crippen molar-refractivity contribution in [3.8, 4) is 0 Å². The summed E-state index contributed by atoms with van der Waals surface area (Å²) in [7, 11) is -2.99. The molecule has 2 fully saturated rings. The predicted octanol–water partition coefficient (Wildman–Crippen LogP) is -0.651. The first-order valence-corrected chi connectivity index (χ1v) is 9.01. The van der Waals surface area contributed by atoms with Crippen LogP contribution in [-0.2, 0) is 14.6 Å². The molecule has 0 aliphatic carbocycles. The zero-order valence-electron chi connectivity index (χ0n) is 12.3. The van der Waals surface area contributed by atoms with Crippen LogP contribution in [0.3, 0.4) is 0 Å². The minimum Gasteiger partial charge on any atom is -0.349 e. The third kappa shape index (κ3) is 3.93. The lowest BCUT2D eigenvalue weighted by Gasteiger charge is -2.25. The maximum absolute atomic E-state index is 12.1. The van der Waals surface area contributed by atoms with E-state index in [0.717, 1.165) is 19.5 Å². The molecule has 0 aromatic rings. The molecule has 2 aliphatic heterocycles. The van der Waals surface area contributed by atoms with Crippen molar-refractivity contribution in [3.63, 3.8) is 0 Å². The molecule has 2 rings (SSSR count). The molecule has 0 aromatic heterocycles. The van der Waals surface area contributed by atoms with Crippen molar-refractivity contribution in [2.75, 3.05) is 31.1 Å². The summed E-state index contributed by atoms with van der Waals surface area (Å²) in [4.78, 5) is 14.2. The number of nitrogens with two attached hydrogens (primary N) is 1. The fourth-order valence-electron chi connectivity index (χ4n) is 3.12. The number of sulfone groups is 1. The summed E-state index contributed by atoms with van der Waals surface area (Å²) in [5.41, 5.74) is 5.28. The SMILES string of the molecule is CC(N)C1CCN(CC(=O)NC2(C)CCS(=O)(=O)C2)C1. The monoisotopic (exact) mass is 303 g/mol. The van der Waals surface area contributed by atoms with Gasteiger partial charge in [-0.2, -0.15) is 0 Å². The number of amides is 1. The van der Waals surface area contributed by atoms with Gasteiger partial charge in [-0.3, -0.25) is 9.69 Å². The number of hydrogen-bond acceptors (Lipinski definition) is 5. The average molecular weight is 303 g/mol. The van der Waals surface area contributed by atoms with Crippen molar-refractivity contribution in [2.24, 2.45) is 11.7 Å². The third-order valence-electron chi connectivity index (χ3n) is 4.36. The molecule has 2 heterocycles. The first-order valence-electron chi connectivity index (χ1n) is 7.18. The summed E-state index contributed by atoms with van der Waals surface area (Å²) < 4.78 is 23.0. The number of likely N-dealkylation sites (tertiary alicyclic amines) is 1. The number of carbonyl (C=O) groups excluding carboxylic acids is 1. The maximum Gasteiger partial charge on any atom is 0.234 e. The van der Waals surface area contributed by atoms with E-state index in [1.165, 1.54) is 0 Å². The van der Waals surface area contributed by atoms with Crippen LogP contribution < -0.4 is 11.1 Å². The number of carbonyl (C=O) groups is 1. The highest BCUT2D eigenvalue weighted by atomic mass is 32.2. The number of nitrogens with one attached hydrogen (secondary N) is 1. The van der Waals surface area contributed by atoms with Crippen LogP contribution in [-0.4, -0.2) is 61.9 Å². The van der Waals surface area contributed by atoms with E-state index in [1.54, 1.807) is 0 Å². The smallest absolute Gasteiger partial charge is 0.234 e. The normalized spacial score (nSPS) is 35.0. The highest BCUT2D eigenvalue weighted by molar-refractivity contribution is 7.91. The summed E-state index contributed by atoms with van der Waals surface area (Å²) in [5.74, 6) is 0.578. The molecule has 3 unspecified atom stereocenters. The van der Waals surface area contributed by atoms with Crippen LogP contribution in [0.5, 0.6) is 0 Å². The van der Waals surface area contributed by atoms with Crippen LogP contribution in [0.25, 0.3) is 0 Å². The van der Waals surface area contributed by atoms with Gasteiger partial charge >= 0.3 is 0 Å². The van der Waals surface area contributed by atoms with Gasteiger partial charge in [-0.05, 0) is 39.2 Å². The second-order valence-electron chi connectivity index (χ2n) is 6.59. The van der Waals surface area contributed by atoms with Gasteiger partial charge < -0.3 is 11.1 Å². The number of rotatable bonds is 4. The van der Waals surface area contributed by atoms with Crippen LogP contribution >= 0.6 is 0 Å². The molecule has 0 saturated carbocycles. The van der Waals surface area contributed by atoms with Gasteiger partial charge in [-0.15, -0.1) is 0 Å². The molecule has 0 spiro atoms. The van der Waals surface area contributed by atoms with Crippen LogP contribution in [0, 0.1) is 5.92 Å². The lowest BCUT2D eigenvalue weighted by atomic mass is 10.0. The first kappa shape index (κ1) is 15.7. The van der Waals surface area contributed by atoms with E-state index in [-0.39, 0.29) is 23.5 Å². The van der Waals surface area contributed by atoms with Crippen molar-refractivity contribution in [2.45, 2.75) is 38.3 Å². The van der Waals surface area contributed by atoms with E-state index < -0.39 is 15.4 Å². The van der Waals surface area contributed by atoms with Crippen LogP contribution in [0.4, 0.5) is 0 Å². The number of nitrogens with zero attached hydrogens (tertiary/aromatic N) is 1. The summed E-state index contributed by atoms with van der Waals surface area (Å²) in [5, 5.41) is 2.89.